The maximum atomic E-state index is 5.82. The topological polar surface area (TPSA) is 63.7 Å². The Bertz CT molecular complexity index is 511. The molecular weight excluding hydrogens is 240 g/mol. The van der Waals surface area contributed by atoms with Crippen molar-refractivity contribution in [3.63, 3.8) is 0 Å². The summed E-state index contributed by atoms with van der Waals surface area (Å²) in [6, 6.07) is 0. The number of hydrogen-bond donors (Lipinski definition) is 1. The Morgan fingerprint density at radius 3 is 2.82 bits per heavy atom. The van der Waals surface area contributed by atoms with E-state index in [4.69, 9.17) is 16.3 Å². The molecule has 5 nitrogen and oxygen atoms in total. The first-order valence-corrected chi connectivity index (χ1v) is 5.97. The maximum absolute atomic E-state index is 5.82. The van der Waals surface area contributed by atoms with Gasteiger partial charge in [0.25, 0.3) is 0 Å². The summed E-state index contributed by atoms with van der Waals surface area (Å²) < 4.78 is 5.78. The fourth-order valence-corrected chi connectivity index (χ4v) is 1.94. The lowest BCUT2D eigenvalue weighted by Gasteiger charge is -2.16. The molecule has 0 fully saturated rings. The minimum atomic E-state index is 0.0825. The minimum Gasteiger partial charge on any atom is -0.474 e. The fourth-order valence-electron chi connectivity index (χ4n) is 1.77. The largest absolute Gasteiger partial charge is 0.474 e. The predicted octanol–water partition coefficient (Wildman–Crippen LogP) is 2.82. The molecule has 2 aromatic heterocycles. The van der Waals surface area contributed by atoms with E-state index in [-0.39, 0.29) is 11.4 Å². The third-order valence-electron chi connectivity index (χ3n) is 2.36. The number of hydrogen-bond acceptors (Lipinski definition) is 4. The summed E-state index contributed by atoms with van der Waals surface area (Å²) in [5, 5.41) is 7.57. The first kappa shape index (κ1) is 12.1. The van der Waals surface area contributed by atoms with Gasteiger partial charge in [-0.15, -0.1) is 0 Å². The summed E-state index contributed by atoms with van der Waals surface area (Å²) in [5.74, 6) is 1.06. The number of aromatic amines is 1. The van der Waals surface area contributed by atoms with Crippen molar-refractivity contribution in [3.8, 4) is 5.88 Å². The van der Waals surface area contributed by atoms with E-state index >= 15 is 0 Å². The summed E-state index contributed by atoms with van der Waals surface area (Å²) in [6.45, 7) is 6.32. The van der Waals surface area contributed by atoms with Gasteiger partial charge >= 0.3 is 0 Å². The van der Waals surface area contributed by atoms with Crippen LogP contribution in [0.3, 0.4) is 0 Å². The van der Waals surface area contributed by atoms with Gasteiger partial charge in [-0.25, -0.2) is 0 Å². The van der Waals surface area contributed by atoms with E-state index in [0.29, 0.717) is 17.4 Å². The zero-order valence-electron chi connectivity index (χ0n) is 10.1. The summed E-state index contributed by atoms with van der Waals surface area (Å²) in [4.78, 5) is 8.11. The van der Waals surface area contributed by atoms with Crippen LogP contribution in [0, 0.1) is 5.92 Å². The van der Waals surface area contributed by atoms with Crippen LogP contribution in [-0.4, -0.2) is 26.3 Å². The summed E-state index contributed by atoms with van der Waals surface area (Å²) in [5.41, 5.74) is 0.594. The summed E-state index contributed by atoms with van der Waals surface area (Å²) in [7, 11) is 0. The van der Waals surface area contributed by atoms with Crippen LogP contribution in [0.25, 0.3) is 11.0 Å². The number of ether oxygens (including phenoxy) is 1. The van der Waals surface area contributed by atoms with Gasteiger partial charge in [-0.1, -0.05) is 13.8 Å². The molecule has 0 aliphatic heterocycles. The van der Waals surface area contributed by atoms with Crippen molar-refractivity contribution in [3.05, 3.63) is 11.5 Å². The first-order valence-electron chi connectivity index (χ1n) is 5.59. The van der Waals surface area contributed by atoms with Gasteiger partial charge in [0.2, 0.25) is 11.2 Å². The van der Waals surface area contributed by atoms with Crippen molar-refractivity contribution in [1.82, 2.24) is 20.2 Å². The Hall–Kier alpha value is -1.36. The number of halogens is 1. The highest BCUT2D eigenvalue weighted by molar-refractivity contribution is 6.28. The molecule has 2 rings (SSSR count). The molecule has 0 aliphatic carbocycles. The lowest BCUT2D eigenvalue weighted by atomic mass is 10.1. The molecule has 1 unspecified atom stereocenters. The first-order chi connectivity index (χ1) is 8.06. The van der Waals surface area contributed by atoms with Gasteiger partial charge in [0.15, 0.2) is 5.65 Å². The highest BCUT2D eigenvalue weighted by Gasteiger charge is 2.13. The Morgan fingerprint density at radius 2 is 2.12 bits per heavy atom. The Kier molecular flexibility index (Phi) is 3.47. The summed E-state index contributed by atoms with van der Waals surface area (Å²) in [6.07, 6.45) is 2.68. The molecule has 0 aromatic carbocycles. The van der Waals surface area contributed by atoms with Gasteiger partial charge in [0, 0.05) is 0 Å². The van der Waals surface area contributed by atoms with Crippen LogP contribution in [0.5, 0.6) is 5.88 Å². The van der Waals surface area contributed by atoms with Gasteiger partial charge in [-0.3, -0.25) is 5.10 Å². The molecule has 0 bridgehead atoms. The predicted molar refractivity (Wildman–Crippen MR) is 66.2 cm³/mol. The zero-order chi connectivity index (χ0) is 12.4. The second-order valence-electron chi connectivity index (χ2n) is 4.49. The van der Waals surface area contributed by atoms with Crippen LogP contribution in [0.4, 0.5) is 0 Å². The van der Waals surface area contributed by atoms with Crippen molar-refractivity contribution < 1.29 is 4.74 Å². The average Bonchev–Trinajstić information content (AvgIpc) is 2.63. The number of H-pyrrole nitrogens is 1. The number of fused-ring (bicyclic) bond motifs is 1. The number of rotatable bonds is 4. The van der Waals surface area contributed by atoms with Crippen LogP contribution >= 0.6 is 11.6 Å². The molecule has 0 radical (unpaired) electrons. The molecule has 1 atom stereocenters. The molecule has 2 heterocycles. The monoisotopic (exact) mass is 254 g/mol. The maximum Gasteiger partial charge on any atom is 0.229 e. The second-order valence-corrected chi connectivity index (χ2v) is 4.83. The highest BCUT2D eigenvalue weighted by atomic mass is 35.5. The third-order valence-corrected chi connectivity index (χ3v) is 2.53. The van der Waals surface area contributed by atoms with Crippen LogP contribution < -0.4 is 4.74 Å². The number of nitrogens with zero attached hydrogens (tertiary/aromatic N) is 3. The van der Waals surface area contributed by atoms with Gasteiger partial charge < -0.3 is 4.74 Å². The molecular formula is C11H15ClN4O. The van der Waals surface area contributed by atoms with Gasteiger partial charge in [0.05, 0.1) is 12.3 Å². The highest BCUT2D eigenvalue weighted by Crippen LogP contribution is 2.24. The van der Waals surface area contributed by atoms with E-state index < -0.39 is 0 Å². The molecule has 0 saturated heterocycles. The van der Waals surface area contributed by atoms with Crippen molar-refractivity contribution in [1.29, 1.82) is 0 Å². The SMILES string of the molecule is CC(C)CC(C)Oc1nc(Cl)nc2[nH]ncc12. The molecule has 1 N–H and O–H groups in total. The van der Waals surface area contributed by atoms with E-state index in [2.05, 4.69) is 34.0 Å². The summed E-state index contributed by atoms with van der Waals surface area (Å²) >= 11 is 5.82. The second kappa shape index (κ2) is 4.87. The third kappa shape index (κ3) is 2.85. The number of aromatic nitrogens is 4. The standard InChI is InChI=1S/C11H15ClN4O/c1-6(2)4-7(3)17-10-8-5-13-16-9(8)14-11(12)15-10/h5-7H,4H2,1-3H3,(H,13,14,15,16). The van der Waals surface area contributed by atoms with Crippen LogP contribution in [-0.2, 0) is 0 Å². The zero-order valence-corrected chi connectivity index (χ0v) is 10.8. The molecule has 6 heteroatoms. The molecule has 0 spiro atoms. The molecule has 2 aromatic rings. The average molecular weight is 255 g/mol. The van der Waals surface area contributed by atoms with Crippen LogP contribution in [0.15, 0.2) is 6.20 Å². The quantitative estimate of drug-likeness (QED) is 0.852. The van der Waals surface area contributed by atoms with Crippen LogP contribution in [0.2, 0.25) is 5.28 Å². The molecule has 17 heavy (non-hydrogen) atoms. The fraction of sp³-hybridized carbons (Fsp3) is 0.545. The number of nitrogens with one attached hydrogen (secondary N) is 1. The lowest BCUT2D eigenvalue weighted by molar-refractivity contribution is 0.188. The van der Waals surface area contributed by atoms with Crippen molar-refractivity contribution >= 4 is 22.6 Å². The van der Waals surface area contributed by atoms with E-state index in [1.54, 1.807) is 6.20 Å². The minimum absolute atomic E-state index is 0.0825. The van der Waals surface area contributed by atoms with E-state index in [0.717, 1.165) is 11.8 Å². The Balaban J connectivity index is 2.25. The molecule has 92 valence electrons. The van der Waals surface area contributed by atoms with Gasteiger partial charge in [-0.05, 0) is 30.9 Å². The van der Waals surface area contributed by atoms with Crippen molar-refractivity contribution in [2.45, 2.75) is 33.3 Å². The Labute approximate surface area is 105 Å². The Morgan fingerprint density at radius 1 is 1.35 bits per heavy atom. The van der Waals surface area contributed by atoms with E-state index in [9.17, 15) is 0 Å². The molecule has 0 amide bonds. The van der Waals surface area contributed by atoms with Crippen molar-refractivity contribution in [2.24, 2.45) is 5.92 Å². The molecule has 0 aliphatic rings. The van der Waals surface area contributed by atoms with Gasteiger partial charge in [0.1, 0.15) is 5.39 Å². The van der Waals surface area contributed by atoms with E-state index in [1.807, 2.05) is 6.92 Å². The van der Waals surface area contributed by atoms with Crippen LogP contribution in [0.1, 0.15) is 27.2 Å². The normalized spacial score (nSPS) is 13.2. The smallest absolute Gasteiger partial charge is 0.229 e. The lowest BCUT2D eigenvalue weighted by Crippen LogP contribution is -2.15. The van der Waals surface area contributed by atoms with E-state index in [1.165, 1.54) is 0 Å². The van der Waals surface area contributed by atoms with Gasteiger partial charge in [-0.2, -0.15) is 15.1 Å². The van der Waals surface area contributed by atoms with Crippen molar-refractivity contribution in [2.75, 3.05) is 0 Å². The molecule has 0 saturated carbocycles.